The summed E-state index contributed by atoms with van der Waals surface area (Å²) < 4.78 is 11.0. The van der Waals surface area contributed by atoms with Crippen molar-refractivity contribution in [2.75, 3.05) is 7.11 Å². The van der Waals surface area contributed by atoms with Gasteiger partial charge in [0.15, 0.2) is 5.78 Å². The SMILES string of the molecule is COC(=O)c1ccc(COc2ccc(/C=C/C(=O)c3ccc(Cl)s3)cc2)cc1. The van der Waals surface area contributed by atoms with E-state index in [0.29, 0.717) is 27.1 Å². The monoisotopic (exact) mass is 412 g/mol. The Hall–Kier alpha value is -2.89. The van der Waals surface area contributed by atoms with Crippen LogP contribution in [0.25, 0.3) is 6.08 Å². The van der Waals surface area contributed by atoms with E-state index in [0.717, 1.165) is 11.1 Å². The number of ether oxygens (including phenoxy) is 2. The predicted molar refractivity (Wildman–Crippen MR) is 111 cm³/mol. The zero-order valence-corrected chi connectivity index (χ0v) is 16.6. The van der Waals surface area contributed by atoms with E-state index in [2.05, 4.69) is 4.74 Å². The number of hydrogen-bond donors (Lipinski definition) is 0. The Kier molecular flexibility index (Phi) is 6.63. The summed E-state index contributed by atoms with van der Waals surface area (Å²) in [6, 6.07) is 17.9. The van der Waals surface area contributed by atoms with Gasteiger partial charge in [-0.15, -0.1) is 11.3 Å². The lowest BCUT2D eigenvalue weighted by molar-refractivity contribution is 0.0600. The van der Waals surface area contributed by atoms with Crippen LogP contribution in [0.2, 0.25) is 4.34 Å². The number of carbonyl (C=O) groups excluding carboxylic acids is 2. The van der Waals surface area contributed by atoms with Crippen molar-refractivity contribution in [1.29, 1.82) is 0 Å². The Morgan fingerprint density at radius 1 is 1.00 bits per heavy atom. The third-order valence-corrected chi connectivity index (χ3v) is 5.15. The highest BCUT2D eigenvalue weighted by atomic mass is 35.5. The lowest BCUT2D eigenvalue weighted by Gasteiger charge is -2.07. The fourth-order valence-corrected chi connectivity index (χ4v) is 3.36. The molecule has 0 unspecified atom stereocenters. The number of ketones is 1. The topological polar surface area (TPSA) is 52.6 Å². The van der Waals surface area contributed by atoms with Gasteiger partial charge in [0.1, 0.15) is 12.4 Å². The molecule has 0 aliphatic rings. The second kappa shape index (κ2) is 9.35. The highest BCUT2D eigenvalue weighted by Gasteiger charge is 2.06. The number of allylic oxidation sites excluding steroid dienone is 1. The van der Waals surface area contributed by atoms with Gasteiger partial charge in [-0.05, 0) is 53.6 Å². The summed E-state index contributed by atoms with van der Waals surface area (Å²) in [5, 5.41) is 0. The molecule has 0 atom stereocenters. The van der Waals surface area contributed by atoms with Crippen LogP contribution in [0.4, 0.5) is 0 Å². The van der Waals surface area contributed by atoms with Gasteiger partial charge in [0.05, 0.1) is 21.9 Å². The van der Waals surface area contributed by atoms with Gasteiger partial charge in [-0.3, -0.25) is 4.79 Å². The highest BCUT2D eigenvalue weighted by molar-refractivity contribution is 7.18. The smallest absolute Gasteiger partial charge is 0.337 e. The van der Waals surface area contributed by atoms with Gasteiger partial charge >= 0.3 is 5.97 Å². The van der Waals surface area contributed by atoms with Crippen LogP contribution < -0.4 is 4.74 Å². The van der Waals surface area contributed by atoms with Crippen molar-refractivity contribution >= 4 is 40.8 Å². The number of rotatable bonds is 7. The van der Waals surface area contributed by atoms with Crippen molar-refractivity contribution in [2.45, 2.75) is 6.61 Å². The first-order chi connectivity index (χ1) is 13.5. The third kappa shape index (κ3) is 5.31. The summed E-state index contributed by atoms with van der Waals surface area (Å²) in [6.07, 6.45) is 3.28. The van der Waals surface area contributed by atoms with Crippen molar-refractivity contribution in [3.8, 4) is 5.75 Å². The van der Waals surface area contributed by atoms with E-state index in [4.69, 9.17) is 16.3 Å². The molecule has 0 aliphatic carbocycles. The van der Waals surface area contributed by atoms with E-state index in [-0.39, 0.29) is 11.8 Å². The molecule has 0 bridgehead atoms. The number of thiophene rings is 1. The lowest BCUT2D eigenvalue weighted by Crippen LogP contribution is -2.01. The molecule has 3 rings (SSSR count). The van der Waals surface area contributed by atoms with E-state index in [9.17, 15) is 9.59 Å². The minimum Gasteiger partial charge on any atom is -0.489 e. The minimum absolute atomic E-state index is 0.0763. The number of methoxy groups -OCH3 is 1. The first-order valence-corrected chi connectivity index (χ1v) is 9.62. The maximum Gasteiger partial charge on any atom is 0.337 e. The first kappa shape index (κ1) is 19.9. The van der Waals surface area contributed by atoms with Crippen LogP contribution in [0.1, 0.15) is 31.2 Å². The molecule has 0 amide bonds. The second-order valence-electron chi connectivity index (χ2n) is 5.85. The molecule has 1 aromatic heterocycles. The van der Waals surface area contributed by atoms with E-state index < -0.39 is 0 Å². The molecule has 0 fully saturated rings. The molecule has 3 aromatic rings. The van der Waals surface area contributed by atoms with Gasteiger partial charge in [-0.2, -0.15) is 0 Å². The molecule has 0 N–H and O–H groups in total. The molecule has 4 nitrogen and oxygen atoms in total. The standard InChI is InChI=1S/C22H17ClO4S/c1-26-22(25)17-7-2-16(3-8-17)14-27-18-9-4-15(5-10-18)6-11-19(24)20-12-13-21(23)28-20/h2-13H,14H2,1H3/b11-6+. The Morgan fingerprint density at radius 2 is 1.71 bits per heavy atom. The van der Waals surface area contributed by atoms with E-state index in [1.54, 1.807) is 30.3 Å². The van der Waals surface area contributed by atoms with Crippen molar-refractivity contribution in [2.24, 2.45) is 0 Å². The van der Waals surface area contributed by atoms with Crippen LogP contribution in [0.3, 0.4) is 0 Å². The number of carbonyl (C=O) groups is 2. The Labute approximate surface area is 172 Å². The zero-order valence-electron chi connectivity index (χ0n) is 15.1. The van der Waals surface area contributed by atoms with Gasteiger partial charge in [-0.1, -0.05) is 41.9 Å². The second-order valence-corrected chi connectivity index (χ2v) is 7.56. The average molecular weight is 413 g/mol. The molecule has 0 aliphatic heterocycles. The molecule has 142 valence electrons. The molecule has 1 heterocycles. The molecule has 2 aromatic carbocycles. The Balaban J connectivity index is 1.55. The van der Waals surface area contributed by atoms with E-state index in [1.165, 1.54) is 24.5 Å². The van der Waals surface area contributed by atoms with Crippen molar-refractivity contribution in [3.63, 3.8) is 0 Å². The fourth-order valence-electron chi connectivity index (χ4n) is 2.40. The number of hydrogen-bond acceptors (Lipinski definition) is 5. The molecule has 6 heteroatoms. The maximum absolute atomic E-state index is 12.1. The molecule has 0 spiro atoms. The summed E-state index contributed by atoms with van der Waals surface area (Å²) >= 11 is 7.11. The van der Waals surface area contributed by atoms with E-state index in [1.807, 2.05) is 36.4 Å². The fraction of sp³-hybridized carbons (Fsp3) is 0.0909. The lowest BCUT2D eigenvalue weighted by atomic mass is 10.1. The minimum atomic E-state index is -0.364. The Morgan fingerprint density at radius 3 is 2.32 bits per heavy atom. The van der Waals surface area contributed by atoms with Gasteiger partial charge in [0, 0.05) is 0 Å². The normalized spacial score (nSPS) is 10.8. The molecule has 0 saturated carbocycles. The number of benzene rings is 2. The van der Waals surface area contributed by atoms with Gasteiger partial charge < -0.3 is 9.47 Å². The van der Waals surface area contributed by atoms with Crippen LogP contribution in [0.5, 0.6) is 5.75 Å². The molecular weight excluding hydrogens is 396 g/mol. The van der Waals surface area contributed by atoms with Gasteiger partial charge in [-0.25, -0.2) is 4.79 Å². The van der Waals surface area contributed by atoms with Crippen LogP contribution in [0, 0.1) is 0 Å². The highest BCUT2D eigenvalue weighted by Crippen LogP contribution is 2.22. The summed E-state index contributed by atoms with van der Waals surface area (Å²) in [5.74, 6) is 0.273. The summed E-state index contributed by atoms with van der Waals surface area (Å²) in [5.41, 5.74) is 2.34. The molecule has 0 saturated heterocycles. The predicted octanol–water partition coefficient (Wildman–Crippen LogP) is 5.66. The third-order valence-electron chi connectivity index (χ3n) is 3.90. The summed E-state index contributed by atoms with van der Waals surface area (Å²) in [7, 11) is 1.35. The average Bonchev–Trinajstić information content (AvgIpc) is 3.17. The Bertz CT molecular complexity index is 988. The molecule has 0 radical (unpaired) electrons. The van der Waals surface area contributed by atoms with E-state index >= 15 is 0 Å². The first-order valence-electron chi connectivity index (χ1n) is 8.43. The van der Waals surface area contributed by atoms with Gasteiger partial charge in [0.2, 0.25) is 0 Å². The number of esters is 1. The molecule has 28 heavy (non-hydrogen) atoms. The van der Waals surface area contributed by atoms with Crippen LogP contribution in [-0.2, 0) is 11.3 Å². The zero-order chi connectivity index (χ0) is 19.9. The largest absolute Gasteiger partial charge is 0.489 e. The maximum atomic E-state index is 12.1. The quantitative estimate of drug-likeness (QED) is 0.285. The number of halogens is 1. The van der Waals surface area contributed by atoms with Crippen LogP contribution in [0.15, 0.2) is 66.7 Å². The van der Waals surface area contributed by atoms with Crippen LogP contribution >= 0.6 is 22.9 Å². The summed E-state index contributed by atoms with van der Waals surface area (Å²) in [6.45, 7) is 0.383. The van der Waals surface area contributed by atoms with Crippen molar-refractivity contribution < 1.29 is 19.1 Å². The van der Waals surface area contributed by atoms with Crippen molar-refractivity contribution in [3.05, 3.63) is 92.6 Å². The molecular formula is C22H17ClO4S. The van der Waals surface area contributed by atoms with Crippen molar-refractivity contribution in [1.82, 2.24) is 0 Å². The summed E-state index contributed by atoms with van der Waals surface area (Å²) in [4.78, 5) is 24.1. The van der Waals surface area contributed by atoms with Crippen LogP contribution in [-0.4, -0.2) is 18.9 Å². The van der Waals surface area contributed by atoms with Gasteiger partial charge in [0.25, 0.3) is 0 Å².